The summed E-state index contributed by atoms with van der Waals surface area (Å²) < 4.78 is 9.10. The van der Waals surface area contributed by atoms with Crippen LogP contribution < -0.4 is 0 Å². The first-order chi connectivity index (χ1) is 29.1. The van der Waals surface area contributed by atoms with Gasteiger partial charge in [0.1, 0.15) is 5.82 Å². The average Bonchev–Trinajstić information content (AvgIpc) is 3.94. The van der Waals surface area contributed by atoms with Gasteiger partial charge in [0.05, 0.1) is 34.5 Å². The lowest BCUT2D eigenvalue weighted by Crippen LogP contribution is -2.67. The number of nitrogens with zero attached hydrogens (tertiary/aromatic N) is 4. The van der Waals surface area contributed by atoms with E-state index in [0.29, 0.717) is 41.9 Å². The molecule has 1 aromatic heterocycles. The molecule has 0 radical (unpaired) electrons. The highest BCUT2D eigenvalue weighted by molar-refractivity contribution is 5.85. The minimum Gasteiger partial charge on any atom is -0.481 e. The van der Waals surface area contributed by atoms with E-state index < -0.39 is 23.6 Å². The number of hydrogen-bond acceptors (Lipinski definition) is 6. The van der Waals surface area contributed by atoms with E-state index in [9.17, 15) is 15.0 Å². The lowest BCUT2D eigenvalue weighted by atomic mass is 9.32. The Labute approximate surface area is 372 Å². The molecular weight excluding hydrogens is 773 g/mol. The molecule has 9 rings (SSSR count). The maximum atomic E-state index is 15.8. The highest BCUT2D eigenvalue weighted by Crippen LogP contribution is 2.78. The molecule has 2 heterocycles. The Balaban J connectivity index is 0.985. The predicted octanol–water partition coefficient (Wildman–Crippen LogP) is 10.4. The Hall–Kier alpha value is -2.75. The number of carboxylic acids is 1. The third-order valence-electron chi connectivity index (χ3n) is 21.0. The number of para-hydroxylation sites is 2. The first-order valence-corrected chi connectivity index (χ1v) is 24.8. The number of amides is 1. The fourth-order valence-electron chi connectivity index (χ4n) is 17.3. The Morgan fingerprint density at radius 1 is 0.903 bits per heavy atom. The van der Waals surface area contributed by atoms with Crippen LogP contribution in [0.3, 0.4) is 0 Å². The van der Waals surface area contributed by atoms with Gasteiger partial charge in [-0.05, 0) is 173 Å². The second-order valence-corrected chi connectivity index (χ2v) is 24.3. The lowest BCUT2D eigenvalue weighted by Gasteiger charge is -2.73. The van der Waals surface area contributed by atoms with Crippen molar-refractivity contribution in [3.63, 3.8) is 0 Å². The van der Waals surface area contributed by atoms with Crippen LogP contribution in [0.4, 0.5) is 0 Å². The van der Waals surface area contributed by atoms with Gasteiger partial charge in [0.2, 0.25) is 5.91 Å². The summed E-state index contributed by atoms with van der Waals surface area (Å²) in [7, 11) is 4.26. The Bertz CT molecular complexity index is 2090. The Kier molecular flexibility index (Phi) is 10.9. The van der Waals surface area contributed by atoms with Crippen LogP contribution in [0.15, 0.2) is 36.4 Å². The van der Waals surface area contributed by atoms with Gasteiger partial charge in [-0.3, -0.25) is 9.59 Å². The molecule has 7 fully saturated rings. The number of carbonyl (C=O) groups excluding carboxylic acids is 1. The van der Waals surface area contributed by atoms with Crippen molar-refractivity contribution >= 4 is 22.9 Å². The predicted molar refractivity (Wildman–Crippen MR) is 245 cm³/mol. The summed E-state index contributed by atoms with van der Waals surface area (Å²) in [5.74, 6) is 2.28. The van der Waals surface area contributed by atoms with Crippen LogP contribution in [0.2, 0.25) is 0 Å². The van der Waals surface area contributed by atoms with E-state index in [4.69, 9.17) is 9.72 Å². The number of aromatic nitrogens is 2. The lowest BCUT2D eigenvalue weighted by molar-refractivity contribution is -0.284. The van der Waals surface area contributed by atoms with Crippen LogP contribution in [-0.2, 0) is 20.9 Å². The summed E-state index contributed by atoms with van der Waals surface area (Å²) in [6, 6.07) is 8.51. The van der Waals surface area contributed by atoms with Gasteiger partial charge in [-0.2, -0.15) is 0 Å². The minimum absolute atomic E-state index is 0.00167. The van der Waals surface area contributed by atoms with Crippen LogP contribution in [-0.4, -0.2) is 81.0 Å². The van der Waals surface area contributed by atoms with Crippen molar-refractivity contribution in [1.29, 1.82) is 0 Å². The van der Waals surface area contributed by atoms with Crippen molar-refractivity contribution in [3.05, 3.63) is 42.2 Å². The first-order valence-electron chi connectivity index (χ1n) is 24.8. The van der Waals surface area contributed by atoms with Gasteiger partial charge >= 0.3 is 5.97 Å². The van der Waals surface area contributed by atoms with Crippen molar-refractivity contribution in [2.45, 2.75) is 164 Å². The van der Waals surface area contributed by atoms with Crippen LogP contribution in [0, 0.1) is 73.9 Å². The molecule has 1 amide bonds. The fraction of sp³-hybridized carbons (Fsp3) is 0.792. The van der Waals surface area contributed by atoms with Crippen LogP contribution in [0.5, 0.6) is 0 Å². The summed E-state index contributed by atoms with van der Waals surface area (Å²) in [5.41, 5.74) is 2.89. The van der Waals surface area contributed by atoms with E-state index in [1.165, 1.54) is 30.4 Å². The number of aliphatic hydroxyl groups is 1. The number of likely N-dealkylation sites (tertiary alicyclic amines) is 1. The molecule has 6 aliphatic carbocycles. The third kappa shape index (κ3) is 6.25. The van der Waals surface area contributed by atoms with Crippen LogP contribution in [0.25, 0.3) is 11.0 Å². The van der Waals surface area contributed by atoms with E-state index in [2.05, 4.69) is 101 Å². The molecule has 0 bridgehead atoms. The van der Waals surface area contributed by atoms with E-state index in [1.54, 1.807) is 0 Å². The quantitative estimate of drug-likeness (QED) is 0.181. The molecular formula is C53H80N4O5. The number of imidazole rings is 1. The molecule has 0 spiro atoms. The summed E-state index contributed by atoms with van der Waals surface area (Å²) in [5, 5.41) is 21.3. The maximum absolute atomic E-state index is 15.8. The number of likely N-dealkylation sites (N-methyl/N-ethyl adjacent to an activating group) is 1. The molecule has 2 aromatic rings. The topological polar surface area (TPSA) is 108 Å². The highest BCUT2D eigenvalue weighted by atomic mass is 16.6. The molecule has 14 atom stereocenters. The molecule has 62 heavy (non-hydrogen) atoms. The van der Waals surface area contributed by atoms with E-state index >= 15 is 4.79 Å². The smallest absolute Gasteiger partial charge is 0.307 e. The maximum Gasteiger partial charge on any atom is 0.307 e. The number of carbonyl (C=O) groups is 2. The van der Waals surface area contributed by atoms with Gasteiger partial charge in [-0.1, -0.05) is 72.8 Å². The number of benzene rings is 1. The minimum atomic E-state index is -0.948. The van der Waals surface area contributed by atoms with E-state index in [1.807, 2.05) is 13.8 Å². The molecule has 342 valence electrons. The molecule has 2 N–H and O–H groups in total. The molecule has 3 unspecified atom stereocenters. The van der Waals surface area contributed by atoms with Gasteiger partial charge in [-0.15, -0.1) is 0 Å². The number of ether oxygens (including phenoxy) is 1. The molecule has 9 heteroatoms. The SMILES string of the molecule is C=C(C)[C@@H]1CC[C@]2(C(=O)N3CCC[C@H]3c3nc4ccccc4n3CCN(C)C)CC[C@]3(C)C(CC[C@@H]4C5(C)CC[C@H](OC(O)[C@H]6C[C@@H](C(=O)O)C6(C)C)C(C)(C)[C@@H]5CC[C@]43C)[C@@H]12. The van der Waals surface area contributed by atoms with Crippen molar-refractivity contribution in [1.82, 2.24) is 19.4 Å². The van der Waals surface area contributed by atoms with Crippen LogP contribution in [0.1, 0.15) is 151 Å². The summed E-state index contributed by atoms with van der Waals surface area (Å²) in [6.07, 6.45) is 12.2. The zero-order valence-electron chi connectivity index (χ0n) is 40.0. The number of aliphatic hydroxyl groups excluding tert-OH is 1. The third-order valence-corrected chi connectivity index (χ3v) is 21.0. The number of fused-ring (bicyclic) bond motifs is 8. The number of hydrogen-bond donors (Lipinski definition) is 2. The van der Waals surface area contributed by atoms with Crippen molar-refractivity contribution in [2.24, 2.45) is 73.9 Å². The Morgan fingerprint density at radius 2 is 1.65 bits per heavy atom. The van der Waals surface area contributed by atoms with Gasteiger partial charge in [0, 0.05) is 25.6 Å². The zero-order valence-corrected chi connectivity index (χ0v) is 40.0. The molecule has 1 saturated heterocycles. The summed E-state index contributed by atoms with van der Waals surface area (Å²) in [6.45, 7) is 26.2. The Morgan fingerprint density at radius 3 is 2.34 bits per heavy atom. The number of carboxylic acid groups (broad SMARTS) is 1. The van der Waals surface area contributed by atoms with Gasteiger partial charge in [-0.25, -0.2) is 4.98 Å². The largest absolute Gasteiger partial charge is 0.481 e. The molecule has 6 saturated carbocycles. The molecule has 9 nitrogen and oxygen atoms in total. The molecule has 1 aromatic carbocycles. The summed E-state index contributed by atoms with van der Waals surface area (Å²) in [4.78, 5) is 37.6. The van der Waals surface area contributed by atoms with Gasteiger partial charge < -0.3 is 29.3 Å². The van der Waals surface area contributed by atoms with Crippen LogP contribution >= 0.6 is 0 Å². The zero-order chi connectivity index (χ0) is 44.5. The summed E-state index contributed by atoms with van der Waals surface area (Å²) >= 11 is 0. The second-order valence-electron chi connectivity index (χ2n) is 24.3. The number of rotatable bonds is 10. The molecule has 7 aliphatic rings. The molecule has 1 aliphatic heterocycles. The van der Waals surface area contributed by atoms with Crippen molar-refractivity contribution in [2.75, 3.05) is 27.2 Å². The first kappa shape index (κ1) is 44.5. The van der Waals surface area contributed by atoms with E-state index in [-0.39, 0.29) is 45.1 Å². The fourth-order valence-corrected chi connectivity index (χ4v) is 17.3. The number of allylic oxidation sites excluding steroid dienone is 1. The monoisotopic (exact) mass is 853 g/mol. The van der Waals surface area contributed by atoms with Crippen molar-refractivity contribution < 1.29 is 24.5 Å². The van der Waals surface area contributed by atoms with Gasteiger partial charge in [0.15, 0.2) is 6.29 Å². The normalized spacial score (nSPS) is 42.4. The highest BCUT2D eigenvalue weighted by Gasteiger charge is 2.72. The standard InChI is InChI=1S/C53H80N4O5/c1-32(2)33-20-25-53(47(61)57-28-14-17-39(57)44-54-37-15-12-13-16-38(37)56(44)30-29-55(10)11)27-26-51(8)34(43(33)53)18-19-41-50(7)23-22-42(49(5,6)40(50)21-24-52(41,51)9)62-46(60)36-31-35(45(58)59)48(36,3)4/h12-13,15-16,33-36,39-43,46,60H,1,14,17-31H2,2-11H3,(H,58,59)/t33-,34?,35-,36+,39-,40-,41+,42-,43+,46?,50?,51+,52+,53-/m0/s1. The second kappa shape index (κ2) is 15.2. The number of aliphatic carboxylic acids is 1. The van der Waals surface area contributed by atoms with Gasteiger partial charge in [0.25, 0.3) is 0 Å². The average molecular weight is 853 g/mol. The van der Waals surface area contributed by atoms with E-state index in [0.717, 1.165) is 88.8 Å². The van der Waals surface area contributed by atoms with Crippen molar-refractivity contribution in [3.8, 4) is 0 Å².